The Labute approximate surface area is 174 Å². The second-order valence-corrected chi connectivity index (χ2v) is 7.78. The van der Waals surface area contributed by atoms with Gasteiger partial charge >= 0.3 is 0 Å². The molecule has 0 atom stereocenters. The van der Waals surface area contributed by atoms with Gasteiger partial charge in [0.1, 0.15) is 10.8 Å². The highest BCUT2D eigenvalue weighted by Crippen LogP contribution is 2.31. The van der Waals surface area contributed by atoms with Gasteiger partial charge in [0.05, 0.1) is 16.8 Å². The summed E-state index contributed by atoms with van der Waals surface area (Å²) in [6, 6.07) is 23.2. The molecule has 0 unspecified atom stereocenters. The molecular formula is C24H22N2O2S. The maximum atomic E-state index is 12.7. The van der Waals surface area contributed by atoms with Crippen LogP contribution < -0.4 is 10.1 Å². The molecule has 1 amide bonds. The molecule has 0 saturated carbocycles. The number of fused-ring (bicyclic) bond motifs is 1. The predicted molar refractivity (Wildman–Crippen MR) is 120 cm³/mol. The Hall–Kier alpha value is -3.18. The third-order valence-electron chi connectivity index (χ3n) is 4.52. The molecule has 5 heteroatoms. The topological polar surface area (TPSA) is 51.2 Å². The van der Waals surface area contributed by atoms with Crippen molar-refractivity contribution in [1.29, 1.82) is 0 Å². The number of hydrogen-bond acceptors (Lipinski definition) is 4. The van der Waals surface area contributed by atoms with Crippen molar-refractivity contribution in [3.05, 3.63) is 78.4 Å². The van der Waals surface area contributed by atoms with E-state index >= 15 is 0 Å². The number of carbonyl (C=O) groups is 1. The van der Waals surface area contributed by atoms with Gasteiger partial charge in [0, 0.05) is 16.8 Å². The summed E-state index contributed by atoms with van der Waals surface area (Å²) < 4.78 is 6.86. The Kier molecular flexibility index (Phi) is 5.86. The van der Waals surface area contributed by atoms with Crippen molar-refractivity contribution in [2.75, 3.05) is 11.9 Å². The average Bonchev–Trinajstić information content (AvgIpc) is 3.19. The second kappa shape index (κ2) is 8.88. The molecule has 0 saturated heterocycles. The van der Waals surface area contributed by atoms with E-state index in [0.717, 1.165) is 39.3 Å². The van der Waals surface area contributed by atoms with Crippen LogP contribution in [0, 0.1) is 0 Å². The van der Waals surface area contributed by atoms with Gasteiger partial charge < -0.3 is 10.1 Å². The third kappa shape index (κ3) is 4.63. The quantitative estimate of drug-likeness (QED) is 0.364. The predicted octanol–water partition coefficient (Wildman–Crippen LogP) is 6.39. The van der Waals surface area contributed by atoms with Gasteiger partial charge in [-0.25, -0.2) is 4.98 Å². The van der Waals surface area contributed by atoms with Gasteiger partial charge in [0.25, 0.3) is 5.91 Å². The van der Waals surface area contributed by atoms with Gasteiger partial charge in [0.15, 0.2) is 0 Å². The highest BCUT2D eigenvalue weighted by atomic mass is 32.1. The zero-order chi connectivity index (χ0) is 20.1. The summed E-state index contributed by atoms with van der Waals surface area (Å²) in [5.41, 5.74) is 3.29. The summed E-state index contributed by atoms with van der Waals surface area (Å²) in [6.07, 6.45) is 2.07. The largest absolute Gasteiger partial charge is 0.494 e. The number of carbonyl (C=O) groups excluding carboxylic acids is 1. The summed E-state index contributed by atoms with van der Waals surface area (Å²) in [7, 11) is 0. The summed E-state index contributed by atoms with van der Waals surface area (Å²) in [5, 5.41) is 3.92. The van der Waals surface area contributed by atoms with Gasteiger partial charge in [-0.15, -0.1) is 11.3 Å². The van der Waals surface area contributed by atoms with E-state index in [9.17, 15) is 4.79 Å². The number of anilines is 1. The number of thiazole rings is 1. The molecule has 146 valence electrons. The van der Waals surface area contributed by atoms with Crippen molar-refractivity contribution >= 4 is 33.1 Å². The van der Waals surface area contributed by atoms with Crippen molar-refractivity contribution in [3.8, 4) is 16.3 Å². The molecule has 0 aliphatic heterocycles. The number of hydrogen-bond donors (Lipinski definition) is 1. The maximum Gasteiger partial charge on any atom is 0.255 e. The highest BCUT2D eigenvalue weighted by Gasteiger charge is 2.10. The van der Waals surface area contributed by atoms with Crippen LogP contribution >= 0.6 is 11.3 Å². The van der Waals surface area contributed by atoms with Gasteiger partial charge in [0.2, 0.25) is 0 Å². The van der Waals surface area contributed by atoms with Gasteiger partial charge in [-0.05, 0) is 48.9 Å². The molecule has 1 heterocycles. The van der Waals surface area contributed by atoms with Crippen LogP contribution in [-0.2, 0) is 0 Å². The number of nitrogens with zero attached hydrogens (tertiary/aromatic N) is 1. The normalized spacial score (nSPS) is 10.8. The molecule has 0 fully saturated rings. The first kappa shape index (κ1) is 19.2. The minimum Gasteiger partial charge on any atom is -0.494 e. The van der Waals surface area contributed by atoms with Crippen LogP contribution in [0.5, 0.6) is 5.75 Å². The minimum atomic E-state index is -0.160. The monoisotopic (exact) mass is 402 g/mol. The molecule has 0 radical (unpaired) electrons. The molecule has 4 rings (SSSR count). The summed E-state index contributed by atoms with van der Waals surface area (Å²) >= 11 is 1.65. The first-order valence-electron chi connectivity index (χ1n) is 9.73. The molecule has 0 bridgehead atoms. The molecule has 1 N–H and O–H groups in total. The zero-order valence-corrected chi connectivity index (χ0v) is 17.0. The number of nitrogens with one attached hydrogen (secondary N) is 1. The lowest BCUT2D eigenvalue weighted by atomic mass is 10.1. The Morgan fingerprint density at radius 1 is 1.03 bits per heavy atom. The lowest BCUT2D eigenvalue weighted by Crippen LogP contribution is -2.12. The number of rotatable bonds is 7. The zero-order valence-electron chi connectivity index (χ0n) is 16.2. The molecule has 4 nitrogen and oxygen atoms in total. The molecule has 1 aromatic heterocycles. The van der Waals surface area contributed by atoms with E-state index in [-0.39, 0.29) is 5.91 Å². The number of aromatic nitrogens is 1. The van der Waals surface area contributed by atoms with E-state index in [1.807, 2.05) is 54.6 Å². The SMILES string of the molecule is CCCCOc1cccc(C(=O)Nc2cccc(-c3nc4ccccc4s3)c2)c1. The molecule has 0 aliphatic rings. The average molecular weight is 403 g/mol. The van der Waals surface area contributed by atoms with Crippen molar-refractivity contribution < 1.29 is 9.53 Å². The van der Waals surface area contributed by atoms with Crippen molar-refractivity contribution in [2.45, 2.75) is 19.8 Å². The van der Waals surface area contributed by atoms with Crippen molar-refractivity contribution in [2.24, 2.45) is 0 Å². The highest BCUT2D eigenvalue weighted by molar-refractivity contribution is 7.21. The smallest absolute Gasteiger partial charge is 0.255 e. The van der Waals surface area contributed by atoms with Crippen LogP contribution in [0.1, 0.15) is 30.1 Å². The Morgan fingerprint density at radius 3 is 2.76 bits per heavy atom. The fraction of sp³-hybridized carbons (Fsp3) is 0.167. The summed E-state index contributed by atoms with van der Waals surface area (Å²) in [5.74, 6) is 0.557. The second-order valence-electron chi connectivity index (χ2n) is 6.75. The Bertz CT molecular complexity index is 1100. The number of ether oxygens (including phenoxy) is 1. The Morgan fingerprint density at radius 2 is 1.90 bits per heavy atom. The summed E-state index contributed by atoms with van der Waals surface area (Å²) in [6.45, 7) is 2.78. The van der Waals surface area contributed by atoms with E-state index in [0.29, 0.717) is 17.9 Å². The summed E-state index contributed by atoms with van der Waals surface area (Å²) in [4.78, 5) is 17.4. The Balaban J connectivity index is 1.50. The van der Waals surface area contributed by atoms with Crippen LogP contribution in [0.25, 0.3) is 20.8 Å². The first-order valence-corrected chi connectivity index (χ1v) is 10.5. The number of amides is 1. The lowest BCUT2D eigenvalue weighted by molar-refractivity contribution is 0.102. The minimum absolute atomic E-state index is 0.160. The van der Waals surface area contributed by atoms with E-state index in [2.05, 4.69) is 18.3 Å². The van der Waals surface area contributed by atoms with Crippen LogP contribution in [0.4, 0.5) is 5.69 Å². The molecule has 0 aliphatic carbocycles. The lowest BCUT2D eigenvalue weighted by Gasteiger charge is -2.09. The van der Waals surface area contributed by atoms with Crippen LogP contribution in [0.15, 0.2) is 72.8 Å². The number of benzene rings is 3. The maximum absolute atomic E-state index is 12.7. The van der Waals surface area contributed by atoms with Gasteiger partial charge in [-0.1, -0.05) is 43.7 Å². The van der Waals surface area contributed by atoms with Gasteiger partial charge in [-0.2, -0.15) is 0 Å². The van der Waals surface area contributed by atoms with Crippen molar-refractivity contribution in [1.82, 2.24) is 4.98 Å². The molecular weight excluding hydrogens is 380 g/mol. The van der Waals surface area contributed by atoms with Crippen LogP contribution in [0.2, 0.25) is 0 Å². The van der Waals surface area contributed by atoms with Gasteiger partial charge in [-0.3, -0.25) is 4.79 Å². The molecule has 0 spiro atoms. The van der Waals surface area contributed by atoms with Crippen LogP contribution in [0.3, 0.4) is 0 Å². The van der Waals surface area contributed by atoms with E-state index in [4.69, 9.17) is 9.72 Å². The molecule has 4 aromatic rings. The fourth-order valence-corrected chi connectivity index (χ4v) is 3.95. The van der Waals surface area contributed by atoms with E-state index < -0.39 is 0 Å². The van der Waals surface area contributed by atoms with E-state index in [1.54, 1.807) is 23.5 Å². The third-order valence-corrected chi connectivity index (χ3v) is 5.61. The van der Waals surface area contributed by atoms with E-state index in [1.165, 1.54) is 0 Å². The van der Waals surface area contributed by atoms with Crippen LogP contribution in [-0.4, -0.2) is 17.5 Å². The molecule has 29 heavy (non-hydrogen) atoms. The fourth-order valence-electron chi connectivity index (χ4n) is 2.99. The van der Waals surface area contributed by atoms with Crippen molar-refractivity contribution in [3.63, 3.8) is 0 Å². The first-order chi connectivity index (χ1) is 14.2. The standard InChI is InChI=1S/C24H22N2O2S/c1-2-3-14-28-20-11-7-8-17(16-20)23(27)25-19-10-6-9-18(15-19)24-26-21-12-4-5-13-22(21)29-24/h4-13,15-16H,2-3,14H2,1H3,(H,25,27). The molecule has 3 aromatic carbocycles. The number of para-hydroxylation sites is 1. The number of unbranched alkanes of at least 4 members (excludes halogenated alkanes) is 1.